The molecule has 1 heterocycles. The lowest BCUT2D eigenvalue weighted by atomic mass is 10.0. The van der Waals surface area contributed by atoms with Gasteiger partial charge in [-0.1, -0.05) is 68.4 Å². The summed E-state index contributed by atoms with van der Waals surface area (Å²) in [4.78, 5) is 19.1. The highest BCUT2D eigenvalue weighted by Crippen LogP contribution is 2.30. The van der Waals surface area contributed by atoms with Crippen LogP contribution in [0, 0.1) is 10.1 Å². The van der Waals surface area contributed by atoms with Gasteiger partial charge in [-0.3, -0.25) is 10.1 Å². The third-order valence-electron chi connectivity index (χ3n) is 5.91. The number of thiazole rings is 1. The quantitative estimate of drug-likeness (QED) is 0.219. The van der Waals surface area contributed by atoms with E-state index in [9.17, 15) is 10.1 Å². The fourth-order valence-electron chi connectivity index (χ4n) is 4.11. The van der Waals surface area contributed by atoms with Crippen molar-refractivity contribution in [2.45, 2.75) is 26.8 Å². The topological polar surface area (TPSA) is 63.7 Å². The average molecular weight is 461 g/mol. The zero-order valence-electron chi connectivity index (χ0n) is 19.0. The van der Waals surface area contributed by atoms with Crippen molar-refractivity contribution in [3.8, 4) is 11.3 Å². The standard InChI is InChI=1S/C26H28N4O2S/c1-3-28(4-2)17-10-18-29-25(22-14-9-12-20-11-5-6-13-21(20)22)19-33-26(29)27-23-15-7-8-16-24(23)30(31)32/h5-9,11-16,19H,3-4,10,17-18H2,1-2H3. The highest BCUT2D eigenvalue weighted by atomic mass is 32.1. The molecule has 0 saturated carbocycles. The molecule has 3 aromatic carbocycles. The smallest absolute Gasteiger partial charge is 0.294 e. The molecule has 0 N–H and O–H groups in total. The van der Waals surface area contributed by atoms with Gasteiger partial charge < -0.3 is 9.47 Å². The maximum Gasteiger partial charge on any atom is 0.294 e. The third kappa shape index (κ3) is 5.05. The molecule has 0 spiro atoms. The molecule has 4 rings (SSSR count). The molecule has 0 aliphatic carbocycles. The van der Waals surface area contributed by atoms with Gasteiger partial charge >= 0.3 is 0 Å². The summed E-state index contributed by atoms with van der Waals surface area (Å²) < 4.78 is 2.21. The van der Waals surface area contributed by atoms with E-state index in [1.807, 2.05) is 6.07 Å². The highest BCUT2D eigenvalue weighted by molar-refractivity contribution is 7.07. The first kappa shape index (κ1) is 22.9. The number of hydrogen-bond acceptors (Lipinski definition) is 5. The van der Waals surface area contributed by atoms with Crippen molar-refractivity contribution in [3.05, 3.63) is 87.0 Å². The van der Waals surface area contributed by atoms with Gasteiger partial charge in [0.15, 0.2) is 4.80 Å². The number of aromatic nitrogens is 1. The second-order valence-electron chi connectivity index (χ2n) is 7.82. The summed E-state index contributed by atoms with van der Waals surface area (Å²) in [6, 6.07) is 21.4. The van der Waals surface area contributed by atoms with E-state index in [4.69, 9.17) is 4.99 Å². The predicted octanol–water partition coefficient (Wildman–Crippen LogP) is 6.24. The summed E-state index contributed by atoms with van der Waals surface area (Å²) in [7, 11) is 0. The van der Waals surface area contributed by atoms with E-state index in [2.05, 4.69) is 65.1 Å². The molecule has 33 heavy (non-hydrogen) atoms. The van der Waals surface area contributed by atoms with Crippen molar-refractivity contribution in [2.75, 3.05) is 19.6 Å². The Kier molecular flexibility index (Phi) is 7.32. The number of para-hydroxylation sites is 2. The summed E-state index contributed by atoms with van der Waals surface area (Å²) >= 11 is 1.53. The van der Waals surface area contributed by atoms with Crippen LogP contribution in [0.5, 0.6) is 0 Å². The Bertz CT molecular complexity index is 1320. The molecule has 0 radical (unpaired) electrons. The number of nitro groups is 1. The lowest BCUT2D eigenvalue weighted by molar-refractivity contribution is -0.384. The molecule has 0 bridgehead atoms. The Hall–Kier alpha value is -3.29. The van der Waals surface area contributed by atoms with Gasteiger partial charge in [0.1, 0.15) is 5.69 Å². The molecule has 0 aliphatic heterocycles. The first-order valence-electron chi connectivity index (χ1n) is 11.3. The minimum Gasteiger partial charge on any atom is -0.316 e. The van der Waals surface area contributed by atoms with Crippen LogP contribution in [-0.2, 0) is 6.54 Å². The van der Waals surface area contributed by atoms with Gasteiger partial charge in [-0.15, -0.1) is 11.3 Å². The molecule has 1 aromatic heterocycles. The van der Waals surface area contributed by atoms with Crippen LogP contribution < -0.4 is 4.80 Å². The zero-order chi connectivity index (χ0) is 23.2. The minimum atomic E-state index is -0.372. The van der Waals surface area contributed by atoms with Crippen LogP contribution >= 0.6 is 11.3 Å². The molecular weight excluding hydrogens is 432 g/mol. The van der Waals surface area contributed by atoms with Crippen molar-refractivity contribution in [3.63, 3.8) is 0 Å². The SMILES string of the molecule is CCN(CC)CCCn1c(-c2cccc3ccccc23)csc1=Nc1ccccc1[N+](=O)[O-]. The second kappa shape index (κ2) is 10.6. The fraction of sp³-hybridized carbons (Fsp3) is 0.269. The van der Waals surface area contributed by atoms with Gasteiger partial charge in [0.05, 0.1) is 10.6 Å². The van der Waals surface area contributed by atoms with E-state index in [1.54, 1.807) is 18.2 Å². The first-order chi connectivity index (χ1) is 16.1. The van der Waals surface area contributed by atoms with E-state index in [0.29, 0.717) is 5.69 Å². The van der Waals surface area contributed by atoms with Gasteiger partial charge in [0, 0.05) is 23.6 Å². The summed E-state index contributed by atoms with van der Waals surface area (Å²) in [5.41, 5.74) is 2.64. The summed E-state index contributed by atoms with van der Waals surface area (Å²) in [6.45, 7) is 8.19. The van der Waals surface area contributed by atoms with E-state index < -0.39 is 0 Å². The van der Waals surface area contributed by atoms with E-state index >= 15 is 0 Å². The number of benzene rings is 3. The predicted molar refractivity (Wildman–Crippen MR) is 136 cm³/mol. The van der Waals surface area contributed by atoms with Gasteiger partial charge in [-0.05, 0) is 42.9 Å². The van der Waals surface area contributed by atoms with Crippen LogP contribution in [0.4, 0.5) is 11.4 Å². The van der Waals surface area contributed by atoms with Crippen molar-refractivity contribution < 1.29 is 4.92 Å². The molecule has 0 unspecified atom stereocenters. The summed E-state index contributed by atoms with van der Waals surface area (Å²) in [6.07, 6.45) is 0.972. The maximum absolute atomic E-state index is 11.5. The highest BCUT2D eigenvalue weighted by Gasteiger charge is 2.15. The van der Waals surface area contributed by atoms with Gasteiger partial charge in [-0.25, -0.2) is 4.99 Å². The summed E-state index contributed by atoms with van der Waals surface area (Å²) in [5, 5.41) is 16.0. The lowest BCUT2D eigenvalue weighted by Crippen LogP contribution is -2.26. The van der Waals surface area contributed by atoms with Crippen LogP contribution in [0.15, 0.2) is 77.1 Å². The van der Waals surface area contributed by atoms with Crippen molar-refractivity contribution in [1.82, 2.24) is 9.47 Å². The monoisotopic (exact) mass is 460 g/mol. The Balaban J connectivity index is 1.83. The molecule has 4 aromatic rings. The summed E-state index contributed by atoms with van der Waals surface area (Å²) in [5.74, 6) is 0. The molecule has 0 saturated heterocycles. The van der Waals surface area contributed by atoms with Crippen LogP contribution in [0.1, 0.15) is 20.3 Å². The van der Waals surface area contributed by atoms with Crippen LogP contribution in [-0.4, -0.2) is 34.0 Å². The maximum atomic E-state index is 11.5. The molecule has 170 valence electrons. The van der Waals surface area contributed by atoms with Crippen molar-refractivity contribution >= 4 is 33.5 Å². The van der Waals surface area contributed by atoms with Crippen LogP contribution in [0.25, 0.3) is 22.0 Å². The normalized spacial score (nSPS) is 12.0. The Morgan fingerprint density at radius 1 is 1.00 bits per heavy atom. The number of nitro benzene ring substituents is 1. The Morgan fingerprint density at radius 3 is 2.52 bits per heavy atom. The average Bonchev–Trinajstić information content (AvgIpc) is 3.23. The van der Waals surface area contributed by atoms with Crippen molar-refractivity contribution in [2.24, 2.45) is 4.99 Å². The number of rotatable bonds is 9. The van der Waals surface area contributed by atoms with Crippen LogP contribution in [0.2, 0.25) is 0 Å². The number of nitrogens with zero attached hydrogens (tertiary/aromatic N) is 4. The fourth-order valence-corrected chi connectivity index (χ4v) is 5.05. The number of hydrogen-bond donors (Lipinski definition) is 0. The molecule has 0 amide bonds. The van der Waals surface area contributed by atoms with E-state index in [-0.39, 0.29) is 10.6 Å². The van der Waals surface area contributed by atoms with Crippen molar-refractivity contribution in [1.29, 1.82) is 0 Å². The Labute approximate surface area is 197 Å². The van der Waals surface area contributed by atoms with Gasteiger partial charge in [0.2, 0.25) is 0 Å². The molecule has 6 nitrogen and oxygen atoms in total. The largest absolute Gasteiger partial charge is 0.316 e. The molecule has 7 heteroatoms. The van der Waals surface area contributed by atoms with Crippen LogP contribution in [0.3, 0.4) is 0 Å². The molecule has 0 aliphatic rings. The van der Waals surface area contributed by atoms with E-state index in [0.717, 1.165) is 48.7 Å². The van der Waals surface area contributed by atoms with E-state index in [1.165, 1.54) is 28.2 Å². The second-order valence-corrected chi connectivity index (χ2v) is 8.66. The third-order valence-corrected chi connectivity index (χ3v) is 6.77. The minimum absolute atomic E-state index is 0.0207. The Morgan fingerprint density at radius 2 is 1.73 bits per heavy atom. The lowest BCUT2D eigenvalue weighted by Gasteiger charge is -2.18. The van der Waals surface area contributed by atoms with Gasteiger partial charge in [-0.2, -0.15) is 0 Å². The first-order valence-corrected chi connectivity index (χ1v) is 12.2. The molecular formula is C26H28N4O2S. The van der Waals surface area contributed by atoms with Gasteiger partial charge in [0.25, 0.3) is 5.69 Å². The molecule has 0 fully saturated rings. The molecule has 0 atom stereocenters. The number of fused-ring (bicyclic) bond motifs is 1. The zero-order valence-corrected chi connectivity index (χ0v) is 19.8.